The van der Waals surface area contributed by atoms with Crippen LogP contribution in [-0.4, -0.2) is 0 Å². The largest absolute Gasteiger partial charge is 0.456 e. The lowest BCUT2D eigenvalue weighted by Crippen LogP contribution is -2.12. The summed E-state index contributed by atoms with van der Waals surface area (Å²) in [6.07, 6.45) is 0. The fraction of sp³-hybridized carbons (Fsp3) is 0. The maximum Gasteiger partial charge on any atom is 0.137 e. The van der Waals surface area contributed by atoms with Crippen LogP contribution in [0.4, 0.5) is 34.1 Å². The normalized spacial score (nSPS) is 11.6. The first-order valence-corrected chi connectivity index (χ1v) is 23.6. The van der Waals surface area contributed by atoms with Gasteiger partial charge in [-0.3, -0.25) is 0 Å². The van der Waals surface area contributed by atoms with Gasteiger partial charge in [-0.1, -0.05) is 188 Å². The Hall–Kier alpha value is -9.18. The van der Waals surface area contributed by atoms with E-state index in [1.165, 1.54) is 27.5 Å². The Morgan fingerprint density at radius 3 is 1.39 bits per heavy atom. The molecule has 3 nitrogen and oxygen atoms in total. The van der Waals surface area contributed by atoms with E-state index in [1.54, 1.807) is 0 Å². The highest BCUT2D eigenvalue weighted by molar-refractivity contribution is 6.26. The van der Waals surface area contributed by atoms with Crippen LogP contribution in [0.1, 0.15) is 0 Å². The lowest BCUT2D eigenvalue weighted by molar-refractivity contribution is 0.487. The van der Waals surface area contributed by atoms with E-state index in [4.69, 9.17) is 4.74 Å². The first kappa shape index (κ1) is 40.1. The predicted molar refractivity (Wildman–Crippen MR) is 290 cm³/mol. The molecule has 0 radical (unpaired) electrons. The molecule has 12 aromatic rings. The molecule has 3 heteroatoms. The Morgan fingerprint density at radius 2 is 0.754 bits per heavy atom. The standard InChI is InChI=1S/C66H44N2O/c1-6-21-45(22-7-1)48-37-39-54-57(41-48)58-43-60-55-40-38-51(67(49-27-12-4-13-28-49)61-34-18-16-31-52(61)46-23-8-2-9-24-46)42-65(55)69-64-36-20-33-56(66(60)64)59(58)44-63(54)68(50-29-14-5-15-30-50)62-35-19-17-32-53(62)47-25-10-3-11-26-47/h1-44H. The zero-order valence-electron chi connectivity index (χ0n) is 37.7. The van der Waals surface area contributed by atoms with E-state index in [0.29, 0.717) is 0 Å². The van der Waals surface area contributed by atoms with Gasteiger partial charge < -0.3 is 14.5 Å². The Bertz CT molecular complexity index is 3860. The molecule has 0 unspecified atom stereocenters. The zero-order chi connectivity index (χ0) is 45.7. The average molecular weight is 881 g/mol. The van der Waals surface area contributed by atoms with Crippen molar-refractivity contribution < 1.29 is 4.74 Å². The van der Waals surface area contributed by atoms with Crippen LogP contribution in [-0.2, 0) is 0 Å². The Morgan fingerprint density at radius 1 is 0.232 bits per heavy atom. The summed E-state index contributed by atoms with van der Waals surface area (Å²) in [6, 6.07) is 96.0. The first-order valence-electron chi connectivity index (χ1n) is 23.6. The van der Waals surface area contributed by atoms with Crippen molar-refractivity contribution >= 4 is 66.4 Å². The second-order valence-electron chi connectivity index (χ2n) is 17.6. The van der Waals surface area contributed by atoms with E-state index in [-0.39, 0.29) is 0 Å². The number of para-hydroxylation sites is 4. The molecule has 0 bridgehead atoms. The van der Waals surface area contributed by atoms with E-state index in [1.807, 2.05) is 0 Å². The van der Waals surface area contributed by atoms with Gasteiger partial charge in [-0.15, -0.1) is 0 Å². The summed E-state index contributed by atoms with van der Waals surface area (Å²) in [5.41, 5.74) is 15.7. The van der Waals surface area contributed by atoms with Crippen molar-refractivity contribution in [3.63, 3.8) is 0 Å². The molecule has 13 rings (SSSR count). The summed E-state index contributed by atoms with van der Waals surface area (Å²) in [4.78, 5) is 4.79. The smallest absolute Gasteiger partial charge is 0.137 e. The van der Waals surface area contributed by atoms with E-state index in [0.717, 1.165) is 95.0 Å². The maximum absolute atomic E-state index is 7.08. The topological polar surface area (TPSA) is 15.7 Å². The van der Waals surface area contributed by atoms with Gasteiger partial charge in [0.15, 0.2) is 0 Å². The van der Waals surface area contributed by atoms with Gasteiger partial charge in [0.25, 0.3) is 0 Å². The molecule has 0 aliphatic carbocycles. The molecule has 12 aromatic carbocycles. The van der Waals surface area contributed by atoms with Crippen molar-refractivity contribution in [3.05, 3.63) is 267 Å². The SMILES string of the molecule is c1ccc(-c2ccc3c(N(c4ccccc4)c4ccccc4-c4ccccc4)cc4c5cccc6c5c(cc4c3c2)-c2ccc(N(c3ccccc3)c3ccccc3-c3ccccc3)cc2O6)cc1. The van der Waals surface area contributed by atoms with Crippen LogP contribution in [0.15, 0.2) is 267 Å². The number of nitrogens with zero attached hydrogens (tertiary/aromatic N) is 2. The minimum atomic E-state index is 0.823. The van der Waals surface area contributed by atoms with E-state index < -0.39 is 0 Å². The number of rotatable bonds is 9. The molecule has 0 fully saturated rings. The van der Waals surface area contributed by atoms with E-state index in [2.05, 4.69) is 277 Å². The summed E-state index contributed by atoms with van der Waals surface area (Å²) in [6.45, 7) is 0. The highest BCUT2D eigenvalue weighted by Crippen LogP contribution is 2.54. The zero-order valence-corrected chi connectivity index (χ0v) is 37.7. The van der Waals surface area contributed by atoms with Crippen molar-refractivity contribution in [2.45, 2.75) is 0 Å². The van der Waals surface area contributed by atoms with E-state index in [9.17, 15) is 0 Å². The minimum absolute atomic E-state index is 0.823. The molecule has 1 aliphatic rings. The summed E-state index contributed by atoms with van der Waals surface area (Å²) < 4.78 is 7.08. The summed E-state index contributed by atoms with van der Waals surface area (Å²) >= 11 is 0. The van der Waals surface area contributed by atoms with Crippen molar-refractivity contribution in [1.82, 2.24) is 0 Å². The maximum atomic E-state index is 7.08. The lowest BCUT2D eigenvalue weighted by atomic mass is 9.87. The van der Waals surface area contributed by atoms with Crippen molar-refractivity contribution in [2.24, 2.45) is 0 Å². The predicted octanol–water partition coefficient (Wildman–Crippen LogP) is 18.9. The second kappa shape index (κ2) is 16.9. The number of hydrogen-bond donors (Lipinski definition) is 0. The molecule has 0 aromatic heterocycles. The third-order valence-corrected chi connectivity index (χ3v) is 13.6. The molecular weight excluding hydrogens is 837 g/mol. The van der Waals surface area contributed by atoms with Gasteiger partial charge in [0.2, 0.25) is 0 Å². The van der Waals surface area contributed by atoms with Gasteiger partial charge in [0.1, 0.15) is 11.5 Å². The van der Waals surface area contributed by atoms with Crippen LogP contribution >= 0.6 is 0 Å². The fourth-order valence-corrected chi connectivity index (χ4v) is 10.5. The van der Waals surface area contributed by atoms with Gasteiger partial charge in [-0.05, 0) is 122 Å². The fourth-order valence-electron chi connectivity index (χ4n) is 10.5. The monoisotopic (exact) mass is 880 g/mol. The Labute approximate surface area is 402 Å². The molecule has 0 spiro atoms. The molecule has 69 heavy (non-hydrogen) atoms. The summed E-state index contributed by atoms with van der Waals surface area (Å²) in [5, 5.41) is 6.96. The van der Waals surface area contributed by atoms with E-state index >= 15 is 0 Å². The van der Waals surface area contributed by atoms with Crippen molar-refractivity contribution in [2.75, 3.05) is 9.80 Å². The van der Waals surface area contributed by atoms with Gasteiger partial charge in [-0.25, -0.2) is 0 Å². The van der Waals surface area contributed by atoms with Gasteiger partial charge in [0.05, 0.1) is 17.1 Å². The number of anilines is 6. The highest BCUT2D eigenvalue weighted by atomic mass is 16.5. The third kappa shape index (κ3) is 6.99. The third-order valence-electron chi connectivity index (χ3n) is 13.6. The first-order chi connectivity index (χ1) is 34.2. The molecule has 1 aliphatic heterocycles. The Kier molecular flexibility index (Phi) is 9.84. The molecule has 0 amide bonds. The van der Waals surface area contributed by atoms with Crippen LogP contribution in [0, 0.1) is 0 Å². The number of ether oxygens (including phenoxy) is 1. The van der Waals surface area contributed by atoms with Gasteiger partial charge >= 0.3 is 0 Å². The quantitative estimate of drug-likeness (QED) is 0.134. The van der Waals surface area contributed by atoms with Crippen LogP contribution in [0.25, 0.3) is 76.8 Å². The molecule has 0 saturated carbocycles. The molecule has 1 heterocycles. The molecule has 0 atom stereocenters. The molecule has 0 saturated heterocycles. The molecular formula is C66H44N2O. The number of fused-ring (bicyclic) bond motifs is 6. The van der Waals surface area contributed by atoms with Crippen LogP contribution < -0.4 is 14.5 Å². The summed E-state index contributed by atoms with van der Waals surface area (Å²) in [7, 11) is 0. The molecule has 324 valence electrons. The van der Waals surface area contributed by atoms with Crippen molar-refractivity contribution in [3.8, 4) is 56.0 Å². The van der Waals surface area contributed by atoms with Crippen LogP contribution in [0.2, 0.25) is 0 Å². The molecule has 0 N–H and O–H groups in total. The summed E-state index contributed by atoms with van der Waals surface area (Å²) in [5.74, 6) is 1.67. The van der Waals surface area contributed by atoms with Gasteiger partial charge in [-0.2, -0.15) is 0 Å². The average Bonchev–Trinajstić information content (AvgIpc) is 3.42. The number of benzene rings is 12. The van der Waals surface area contributed by atoms with Gasteiger partial charge in [0, 0.05) is 50.6 Å². The minimum Gasteiger partial charge on any atom is -0.456 e. The van der Waals surface area contributed by atoms with Crippen LogP contribution in [0.3, 0.4) is 0 Å². The second-order valence-corrected chi connectivity index (χ2v) is 17.6. The van der Waals surface area contributed by atoms with Crippen molar-refractivity contribution in [1.29, 1.82) is 0 Å². The number of hydrogen-bond acceptors (Lipinski definition) is 3. The lowest BCUT2D eigenvalue weighted by Gasteiger charge is -2.31. The van der Waals surface area contributed by atoms with Crippen LogP contribution in [0.5, 0.6) is 11.5 Å². The Balaban J connectivity index is 1.06. The highest BCUT2D eigenvalue weighted by Gasteiger charge is 2.27.